The second-order valence-electron chi connectivity index (χ2n) is 6.58. The third-order valence-electron chi connectivity index (χ3n) is 5.54. The Morgan fingerprint density at radius 3 is 2.78 bits per heavy atom. The van der Waals surface area contributed by atoms with Gasteiger partial charge in [-0.3, -0.25) is 0 Å². The first-order valence-corrected chi connectivity index (χ1v) is 7.73. The molecule has 3 heteroatoms. The monoisotopic (exact) mass is 254 g/mol. The number of rotatable bonds is 4. The Bertz CT molecular complexity index is 271. The van der Waals surface area contributed by atoms with E-state index in [2.05, 4.69) is 18.7 Å². The van der Waals surface area contributed by atoms with Crippen molar-refractivity contribution in [3.63, 3.8) is 0 Å². The van der Waals surface area contributed by atoms with E-state index in [0.717, 1.165) is 38.1 Å². The predicted molar refractivity (Wildman–Crippen MR) is 75.4 cm³/mol. The number of nitrogens with two attached hydrogens (primary N) is 1. The van der Waals surface area contributed by atoms with E-state index in [9.17, 15) is 5.11 Å². The van der Waals surface area contributed by atoms with Gasteiger partial charge in [0.15, 0.2) is 0 Å². The molecule has 2 rings (SSSR count). The van der Waals surface area contributed by atoms with Gasteiger partial charge in [-0.15, -0.1) is 0 Å². The van der Waals surface area contributed by atoms with Crippen LogP contribution in [-0.2, 0) is 0 Å². The zero-order chi connectivity index (χ0) is 13.2. The molecule has 18 heavy (non-hydrogen) atoms. The van der Waals surface area contributed by atoms with Crippen molar-refractivity contribution in [2.75, 3.05) is 19.6 Å². The molecule has 0 amide bonds. The van der Waals surface area contributed by atoms with Gasteiger partial charge < -0.3 is 15.7 Å². The van der Waals surface area contributed by atoms with E-state index in [1.165, 1.54) is 19.4 Å². The van der Waals surface area contributed by atoms with Gasteiger partial charge in [-0.1, -0.05) is 13.3 Å². The average molecular weight is 254 g/mol. The molecule has 0 aromatic heterocycles. The molecule has 1 saturated heterocycles. The Morgan fingerprint density at radius 1 is 1.28 bits per heavy atom. The van der Waals surface area contributed by atoms with E-state index < -0.39 is 5.60 Å². The van der Waals surface area contributed by atoms with Crippen LogP contribution in [0, 0.1) is 11.8 Å². The summed E-state index contributed by atoms with van der Waals surface area (Å²) in [5.74, 6) is 1.24. The van der Waals surface area contributed by atoms with Crippen molar-refractivity contribution in [1.82, 2.24) is 4.90 Å². The number of piperidine rings is 1. The lowest BCUT2D eigenvalue weighted by Gasteiger charge is -2.39. The van der Waals surface area contributed by atoms with Crippen molar-refractivity contribution >= 4 is 0 Å². The van der Waals surface area contributed by atoms with Crippen LogP contribution in [0.5, 0.6) is 0 Å². The fourth-order valence-electron chi connectivity index (χ4n) is 3.87. The van der Waals surface area contributed by atoms with E-state index in [1.54, 1.807) is 0 Å². The fourth-order valence-corrected chi connectivity index (χ4v) is 3.87. The van der Waals surface area contributed by atoms with E-state index >= 15 is 0 Å². The van der Waals surface area contributed by atoms with Gasteiger partial charge in [-0.25, -0.2) is 0 Å². The van der Waals surface area contributed by atoms with Crippen molar-refractivity contribution in [1.29, 1.82) is 0 Å². The Kier molecular flexibility index (Phi) is 4.68. The van der Waals surface area contributed by atoms with Crippen LogP contribution >= 0.6 is 0 Å². The highest BCUT2D eigenvalue weighted by atomic mass is 16.3. The maximum Gasteiger partial charge on any atom is 0.0797 e. The van der Waals surface area contributed by atoms with Crippen molar-refractivity contribution in [3.8, 4) is 0 Å². The van der Waals surface area contributed by atoms with Crippen LogP contribution in [0.25, 0.3) is 0 Å². The van der Waals surface area contributed by atoms with Gasteiger partial charge in [0.25, 0.3) is 0 Å². The van der Waals surface area contributed by atoms with Gasteiger partial charge in [0.1, 0.15) is 0 Å². The third kappa shape index (κ3) is 2.89. The lowest BCUT2D eigenvalue weighted by molar-refractivity contribution is 0.0000607. The highest BCUT2D eigenvalue weighted by molar-refractivity contribution is 4.93. The van der Waals surface area contributed by atoms with Gasteiger partial charge >= 0.3 is 0 Å². The van der Waals surface area contributed by atoms with Crippen LogP contribution in [0.1, 0.15) is 52.4 Å². The summed E-state index contributed by atoms with van der Waals surface area (Å²) in [6.45, 7) is 7.53. The van der Waals surface area contributed by atoms with Crippen LogP contribution in [-0.4, -0.2) is 41.3 Å². The molecule has 0 bridgehead atoms. The Morgan fingerprint density at radius 2 is 2.06 bits per heavy atom. The van der Waals surface area contributed by atoms with Gasteiger partial charge in [-0.2, -0.15) is 0 Å². The first kappa shape index (κ1) is 14.3. The number of hydrogen-bond acceptors (Lipinski definition) is 3. The third-order valence-corrected chi connectivity index (χ3v) is 5.54. The zero-order valence-corrected chi connectivity index (χ0v) is 12.1. The molecule has 2 aliphatic rings. The van der Waals surface area contributed by atoms with Gasteiger partial charge in [0.05, 0.1) is 5.60 Å². The lowest BCUT2D eigenvalue weighted by atomic mass is 9.87. The Labute approximate surface area is 112 Å². The molecule has 1 aliphatic heterocycles. The minimum atomic E-state index is -0.565. The fraction of sp³-hybridized carbons (Fsp3) is 1.00. The van der Waals surface area contributed by atoms with E-state index in [4.69, 9.17) is 5.73 Å². The molecule has 0 aromatic rings. The van der Waals surface area contributed by atoms with Crippen LogP contribution < -0.4 is 5.73 Å². The predicted octanol–water partition coefficient (Wildman–Crippen LogP) is 1.99. The summed E-state index contributed by atoms with van der Waals surface area (Å²) in [4.78, 5) is 2.61. The topological polar surface area (TPSA) is 49.5 Å². The van der Waals surface area contributed by atoms with Crippen LogP contribution in [0.2, 0.25) is 0 Å². The molecule has 4 unspecified atom stereocenters. The number of aliphatic hydroxyl groups is 1. The first-order valence-electron chi connectivity index (χ1n) is 7.73. The van der Waals surface area contributed by atoms with E-state index in [1.807, 2.05) is 0 Å². The largest absolute Gasteiger partial charge is 0.388 e. The van der Waals surface area contributed by atoms with Crippen LogP contribution in [0.4, 0.5) is 0 Å². The number of hydrogen-bond donors (Lipinski definition) is 2. The SMILES string of the molecule is CC1CCCN(CCC2CCCC2(O)CN)C1C. The summed E-state index contributed by atoms with van der Waals surface area (Å²) >= 11 is 0. The van der Waals surface area contributed by atoms with Gasteiger partial charge in [-0.05, 0) is 64.0 Å². The molecular weight excluding hydrogens is 224 g/mol. The second-order valence-corrected chi connectivity index (χ2v) is 6.58. The standard InChI is InChI=1S/C15H30N2O/c1-12-5-4-9-17(13(12)2)10-7-14-6-3-8-15(14,18)11-16/h12-14,18H,3-11,16H2,1-2H3. The van der Waals surface area contributed by atoms with Crippen molar-refractivity contribution in [2.45, 2.75) is 64.0 Å². The summed E-state index contributed by atoms with van der Waals surface area (Å²) < 4.78 is 0. The molecule has 1 heterocycles. The maximum atomic E-state index is 10.5. The molecule has 1 aliphatic carbocycles. The molecule has 4 atom stereocenters. The van der Waals surface area contributed by atoms with Crippen molar-refractivity contribution < 1.29 is 5.11 Å². The highest BCUT2D eigenvalue weighted by Gasteiger charge is 2.40. The number of nitrogens with zero attached hydrogens (tertiary/aromatic N) is 1. The number of likely N-dealkylation sites (tertiary alicyclic amines) is 1. The highest BCUT2D eigenvalue weighted by Crippen LogP contribution is 2.37. The van der Waals surface area contributed by atoms with E-state index in [0.29, 0.717) is 18.5 Å². The molecule has 3 N–H and O–H groups in total. The minimum absolute atomic E-state index is 0.423. The molecule has 0 spiro atoms. The summed E-state index contributed by atoms with van der Waals surface area (Å²) in [6.07, 6.45) is 7.02. The van der Waals surface area contributed by atoms with E-state index in [-0.39, 0.29) is 0 Å². The Hall–Kier alpha value is -0.120. The zero-order valence-electron chi connectivity index (χ0n) is 12.1. The second kappa shape index (κ2) is 5.89. The van der Waals surface area contributed by atoms with Crippen molar-refractivity contribution in [2.24, 2.45) is 17.6 Å². The summed E-state index contributed by atoms with van der Waals surface area (Å²) in [7, 11) is 0. The van der Waals surface area contributed by atoms with Gasteiger partial charge in [0.2, 0.25) is 0 Å². The molecule has 1 saturated carbocycles. The average Bonchev–Trinajstić information content (AvgIpc) is 2.73. The molecule has 2 fully saturated rings. The molecule has 0 radical (unpaired) electrons. The Balaban J connectivity index is 1.84. The lowest BCUT2D eigenvalue weighted by Crippen LogP contribution is -2.46. The maximum absolute atomic E-state index is 10.5. The van der Waals surface area contributed by atoms with Crippen molar-refractivity contribution in [3.05, 3.63) is 0 Å². The molecule has 0 aromatic carbocycles. The van der Waals surface area contributed by atoms with Crippen LogP contribution in [0.3, 0.4) is 0 Å². The summed E-state index contributed by atoms with van der Waals surface area (Å²) in [6, 6.07) is 0.700. The molecule has 106 valence electrons. The smallest absolute Gasteiger partial charge is 0.0797 e. The molecule has 3 nitrogen and oxygen atoms in total. The van der Waals surface area contributed by atoms with Gasteiger partial charge in [0, 0.05) is 12.6 Å². The summed E-state index contributed by atoms with van der Waals surface area (Å²) in [5.41, 5.74) is 5.19. The molecular formula is C15H30N2O. The summed E-state index contributed by atoms with van der Waals surface area (Å²) in [5, 5.41) is 10.5. The normalized spacial score (nSPS) is 42.3. The minimum Gasteiger partial charge on any atom is -0.388 e. The first-order chi connectivity index (χ1) is 8.57. The van der Waals surface area contributed by atoms with Crippen LogP contribution in [0.15, 0.2) is 0 Å². The quantitative estimate of drug-likeness (QED) is 0.806.